The molecule has 44 heavy (non-hydrogen) atoms. The standard InChI is InChI=1S/C34H41N5O5/c1-25-32(26(2)44-36-25)34(41)39-18-7-6-17-37(31(40)15-14-27-10-4-5-13-30(27)42-3)19-9-23-43-29-12-8-11-28(24-29)33-35-16-20-38(33)21-22-39/h4-5,8,10-13,16,20,24H,6-7,9,14-15,17-19,21-23H2,1-3H3. The first kappa shape index (κ1) is 30.8. The van der Waals surface area contributed by atoms with Gasteiger partial charge in [0.25, 0.3) is 5.91 Å². The number of imidazole rings is 1. The topological polar surface area (TPSA) is 103 Å². The summed E-state index contributed by atoms with van der Waals surface area (Å²) >= 11 is 0. The lowest BCUT2D eigenvalue weighted by atomic mass is 10.1. The van der Waals surface area contributed by atoms with Crippen molar-refractivity contribution in [3.05, 3.63) is 83.5 Å². The molecule has 0 N–H and O–H groups in total. The molecule has 2 aromatic carbocycles. The van der Waals surface area contributed by atoms with E-state index in [1.165, 1.54) is 0 Å². The van der Waals surface area contributed by atoms with Gasteiger partial charge in [-0.1, -0.05) is 35.5 Å². The van der Waals surface area contributed by atoms with Gasteiger partial charge in [0.15, 0.2) is 0 Å². The summed E-state index contributed by atoms with van der Waals surface area (Å²) in [6.07, 6.45) is 6.94. The third-order valence-corrected chi connectivity index (χ3v) is 8.05. The van der Waals surface area contributed by atoms with Gasteiger partial charge in [-0.15, -0.1) is 0 Å². The van der Waals surface area contributed by atoms with E-state index in [9.17, 15) is 9.59 Å². The number of amides is 2. The second-order valence-corrected chi connectivity index (χ2v) is 11.1. The Bertz CT molecular complexity index is 1540. The van der Waals surface area contributed by atoms with E-state index >= 15 is 0 Å². The van der Waals surface area contributed by atoms with Gasteiger partial charge in [-0.05, 0) is 63.3 Å². The highest BCUT2D eigenvalue weighted by Crippen LogP contribution is 2.24. The van der Waals surface area contributed by atoms with Crippen LogP contribution in [0.3, 0.4) is 0 Å². The van der Waals surface area contributed by atoms with Crippen molar-refractivity contribution < 1.29 is 23.6 Å². The summed E-state index contributed by atoms with van der Waals surface area (Å²) in [7, 11) is 1.65. The highest BCUT2D eigenvalue weighted by Gasteiger charge is 2.24. The van der Waals surface area contributed by atoms with Gasteiger partial charge in [0, 0.05) is 57.1 Å². The molecule has 1 aliphatic heterocycles. The number of hydrogen-bond donors (Lipinski definition) is 0. The van der Waals surface area contributed by atoms with E-state index in [-0.39, 0.29) is 11.8 Å². The van der Waals surface area contributed by atoms with Gasteiger partial charge in [0.1, 0.15) is 28.6 Å². The fraction of sp³-hybridized carbons (Fsp3) is 0.412. The summed E-state index contributed by atoms with van der Waals surface area (Å²) in [6.45, 7) is 6.87. The zero-order valence-corrected chi connectivity index (χ0v) is 25.8. The largest absolute Gasteiger partial charge is 0.496 e. The van der Waals surface area contributed by atoms with E-state index in [4.69, 9.17) is 14.0 Å². The molecule has 3 heterocycles. The van der Waals surface area contributed by atoms with E-state index in [2.05, 4.69) is 14.7 Å². The lowest BCUT2D eigenvalue weighted by molar-refractivity contribution is -0.131. The molecule has 0 radical (unpaired) electrons. The van der Waals surface area contributed by atoms with Crippen LogP contribution in [0.2, 0.25) is 0 Å². The molecule has 232 valence electrons. The Morgan fingerprint density at radius 3 is 2.52 bits per heavy atom. The van der Waals surface area contributed by atoms with Crippen molar-refractivity contribution in [2.45, 2.75) is 52.5 Å². The quantitative estimate of drug-likeness (QED) is 0.306. The van der Waals surface area contributed by atoms with E-state index in [0.717, 1.165) is 41.3 Å². The molecule has 10 nitrogen and oxygen atoms in total. The Morgan fingerprint density at radius 2 is 1.73 bits per heavy atom. The Labute approximate surface area is 258 Å². The van der Waals surface area contributed by atoms with Gasteiger partial charge in [-0.3, -0.25) is 9.59 Å². The molecule has 0 unspecified atom stereocenters. The van der Waals surface area contributed by atoms with E-state index < -0.39 is 0 Å². The van der Waals surface area contributed by atoms with Gasteiger partial charge in [-0.2, -0.15) is 0 Å². The molecule has 1 aliphatic rings. The third kappa shape index (κ3) is 7.48. The number of benzene rings is 2. The number of hydrogen-bond acceptors (Lipinski definition) is 7. The molecular formula is C34H41N5O5. The predicted molar refractivity (Wildman–Crippen MR) is 167 cm³/mol. The first-order chi connectivity index (χ1) is 21.4. The van der Waals surface area contributed by atoms with Crippen molar-refractivity contribution in [2.75, 3.05) is 39.9 Å². The Kier molecular flexibility index (Phi) is 10.3. The molecule has 2 amide bonds. The predicted octanol–water partition coefficient (Wildman–Crippen LogP) is 5.33. The van der Waals surface area contributed by atoms with Crippen LogP contribution in [0.15, 0.2) is 65.4 Å². The number of nitrogens with zero attached hydrogens (tertiary/aromatic N) is 5. The van der Waals surface area contributed by atoms with Crippen LogP contribution < -0.4 is 9.47 Å². The van der Waals surface area contributed by atoms with E-state index in [0.29, 0.717) is 75.6 Å². The van der Waals surface area contributed by atoms with Crippen LogP contribution in [0.25, 0.3) is 11.4 Å². The summed E-state index contributed by atoms with van der Waals surface area (Å²) in [5.74, 6) is 2.89. The van der Waals surface area contributed by atoms with Crippen molar-refractivity contribution in [2.24, 2.45) is 0 Å². The summed E-state index contributed by atoms with van der Waals surface area (Å²) in [5, 5.41) is 4.01. The van der Waals surface area contributed by atoms with Crippen molar-refractivity contribution in [1.29, 1.82) is 0 Å². The average Bonchev–Trinajstić information content (AvgIpc) is 3.65. The number of ether oxygens (including phenoxy) is 2. The Hall–Kier alpha value is -4.60. The molecule has 2 bridgehead atoms. The van der Waals surface area contributed by atoms with Crippen LogP contribution in [-0.4, -0.2) is 76.2 Å². The lowest BCUT2D eigenvalue weighted by Gasteiger charge is -2.25. The number of para-hydroxylation sites is 1. The number of aromatic nitrogens is 3. The second kappa shape index (κ2) is 14.7. The van der Waals surface area contributed by atoms with Crippen LogP contribution >= 0.6 is 0 Å². The van der Waals surface area contributed by atoms with Crippen LogP contribution in [0.5, 0.6) is 11.5 Å². The number of fused-ring (bicyclic) bond motifs is 4. The first-order valence-electron chi connectivity index (χ1n) is 15.3. The number of rotatable bonds is 5. The summed E-state index contributed by atoms with van der Waals surface area (Å²) < 4.78 is 19.0. The molecule has 0 spiro atoms. The van der Waals surface area contributed by atoms with Crippen LogP contribution in [0.1, 0.15) is 53.1 Å². The maximum Gasteiger partial charge on any atom is 0.259 e. The Balaban J connectivity index is 1.34. The number of methoxy groups -OCH3 is 1. The van der Waals surface area contributed by atoms with Crippen molar-refractivity contribution in [3.8, 4) is 22.9 Å². The minimum Gasteiger partial charge on any atom is -0.496 e. The highest BCUT2D eigenvalue weighted by molar-refractivity contribution is 5.96. The molecule has 0 saturated heterocycles. The summed E-state index contributed by atoms with van der Waals surface area (Å²) in [5.41, 5.74) is 3.06. The van der Waals surface area contributed by atoms with E-state index in [1.54, 1.807) is 27.2 Å². The van der Waals surface area contributed by atoms with Gasteiger partial charge in [0.05, 0.1) is 19.4 Å². The van der Waals surface area contributed by atoms with Gasteiger partial charge >= 0.3 is 0 Å². The maximum absolute atomic E-state index is 13.7. The Morgan fingerprint density at radius 1 is 0.932 bits per heavy atom. The molecule has 2 aromatic heterocycles. The minimum absolute atomic E-state index is 0.0963. The molecule has 4 aromatic rings. The molecule has 0 aliphatic carbocycles. The fourth-order valence-corrected chi connectivity index (χ4v) is 5.69. The SMILES string of the molecule is COc1ccccc1CCC(=O)N1CCCCN(C(=O)c2c(C)noc2C)CCn2ccnc2-c2cccc(c2)OCCC1. The van der Waals surface area contributed by atoms with Gasteiger partial charge in [-0.25, -0.2) is 4.98 Å². The third-order valence-electron chi connectivity index (χ3n) is 8.05. The van der Waals surface area contributed by atoms with Gasteiger partial charge < -0.3 is 28.4 Å². The lowest BCUT2D eigenvalue weighted by Crippen LogP contribution is -2.37. The number of carbonyl (C=O) groups excluding carboxylic acids is 2. The summed E-state index contributed by atoms with van der Waals surface area (Å²) in [6, 6.07) is 15.7. The molecule has 0 atom stereocenters. The minimum atomic E-state index is -0.0963. The molecule has 5 rings (SSSR count). The van der Waals surface area contributed by atoms with Crippen LogP contribution in [-0.2, 0) is 17.8 Å². The molecule has 0 saturated carbocycles. The average molecular weight is 600 g/mol. The first-order valence-corrected chi connectivity index (χ1v) is 15.3. The molecule has 10 heteroatoms. The number of carbonyl (C=O) groups is 2. The summed E-state index contributed by atoms with van der Waals surface area (Å²) in [4.78, 5) is 35.6. The highest BCUT2D eigenvalue weighted by atomic mass is 16.5. The molecule has 0 fully saturated rings. The van der Waals surface area contributed by atoms with Crippen LogP contribution in [0.4, 0.5) is 0 Å². The van der Waals surface area contributed by atoms with E-state index in [1.807, 2.05) is 64.5 Å². The molecular weight excluding hydrogens is 558 g/mol. The van der Waals surface area contributed by atoms with Crippen molar-refractivity contribution >= 4 is 11.8 Å². The number of aryl methyl sites for hydroxylation is 3. The van der Waals surface area contributed by atoms with Crippen molar-refractivity contribution in [1.82, 2.24) is 24.5 Å². The van der Waals surface area contributed by atoms with Crippen LogP contribution in [0, 0.1) is 13.8 Å². The zero-order chi connectivity index (χ0) is 30.9. The normalized spacial score (nSPS) is 14.8. The monoisotopic (exact) mass is 599 g/mol. The fourth-order valence-electron chi connectivity index (χ4n) is 5.69. The zero-order valence-electron chi connectivity index (χ0n) is 25.8. The smallest absolute Gasteiger partial charge is 0.259 e. The second-order valence-electron chi connectivity index (χ2n) is 11.1. The maximum atomic E-state index is 13.7. The van der Waals surface area contributed by atoms with Gasteiger partial charge in [0.2, 0.25) is 5.91 Å². The van der Waals surface area contributed by atoms with Crippen molar-refractivity contribution in [3.63, 3.8) is 0 Å².